The van der Waals surface area contributed by atoms with E-state index in [4.69, 9.17) is 10.6 Å². The molecule has 0 aliphatic heterocycles. The molecule has 0 fully saturated rings. The van der Waals surface area contributed by atoms with E-state index in [0.29, 0.717) is 5.56 Å². The lowest BCUT2D eigenvalue weighted by atomic mass is 9.92. The predicted octanol–water partition coefficient (Wildman–Crippen LogP) is 2.52. The molecule has 0 aliphatic rings. The van der Waals surface area contributed by atoms with Crippen LogP contribution >= 0.6 is 15.9 Å². The van der Waals surface area contributed by atoms with Crippen LogP contribution in [0.4, 0.5) is 4.39 Å². The first kappa shape index (κ1) is 13.6. The SMILES string of the molecule is COC(C)(C)C(NN)c1cc(Br)ccc1F. The maximum Gasteiger partial charge on any atom is 0.128 e. The van der Waals surface area contributed by atoms with Gasteiger partial charge in [0.15, 0.2) is 0 Å². The van der Waals surface area contributed by atoms with Crippen molar-refractivity contribution in [2.24, 2.45) is 5.84 Å². The fraction of sp³-hybridized carbons (Fsp3) is 0.455. The van der Waals surface area contributed by atoms with Gasteiger partial charge in [0.2, 0.25) is 0 Å². The van der Waals surface area contributed by atoms with Crippen LogP contribution in [0.1, 0.15) is 25.5 Å². The number of halogens is 2. The molecule has 90 valence electrons. The Morgan fingerprint density at radius 3 is 2.62 bits per heavy atom. The van der Waals surface area contributed by atoms with Crippen LogP contribution < -0.4 is 11.3 Å². The molecule has 0 spiro atoms. The first-order chi connectivity index (χ1) is 7.42. The fourth-order valence-electron chi connectivity index (χ4n) is 1.52. The van der Waals surface area contributed by atoms with Crippen LogP contribution in [0.3, 0.4) is 0 Å². The number of nitrogens with one attached hydrogen (secondary N) is 1. The Morgan fingerprint density at radius 1 is 1.50 bits per heavy atom. The van der Waals surface area contributed by atoms with E-state index >= 15 is 0 Å². The molecule has 1 rings (SSSR count). The Labute approximate surface area is 103 Å². The molecule has 0 saturated heterocycles. The molecule has 1 aromatic rings. The second-order valence-corrected chi connectivity index (χ2v) is 4.99. The standard InChI is InChI=1S/C11H16BrFN2O/c1-11(2,16-3)10(15-14)8-6-7(12)4-5-9(8)13/h4-6,10,15H,14H2,1-3H3. The summed E-state index contributed by atoms with van der Waals surface area (Å²) in [6.45, 7) is 3.69. The molecule has 0 aromatic heterocycles. The van der Waals surface area contributed by atoms with Gasteiger partial charge in [0.05, 0.1) is 11.6 Å². The second-order valence-electron chi connectivity index (χ2n) is 4.07. The van der Waals surface area contributed by atoms with E-state index in [1.165, 1.54) is 6.07 Å². The van der Waals surface area contributed by atoms with Crippen LogP contribution in [0.5, 0.6) is 0 Å². The van der Waals surface area contributed by atoms with Crippen molar-refractivity contribution in [2.75, 3.05) is 7.11 Å². The first-order valence-corrected chi connectivity index (χ1v) is 5.68. The molecule has 0 radical (unpaired) electrons. The summed E-state index contributed by atoms with van der Waals surface area (Å²) in [5.41, 5.74) is 2.47. The lowest BCUT2D eigenvalue weighted by Gasteiger charge is -2.33. The van der Waals surface area contributed by atoms with E-state index < -0.39 is 11.6 Å². The molecule has 5 heteroatoms. The van der Waals surface area contributed by atoms with Crippen LogP contribution in [0.25, 0.3) is 0 Å². The minimum Gasteiger partial charge on any atom is -0.377 e. The minimum absolute atomic E-state index is 0.309. The van der Waals surface area contributed by atoms with E-state index in [1.807, 2.05) is 13.8 Å². The summed E-state index contributed by atoms with van der Waals surface area (Å²) >= 11 is 3.31. The summed E-state index contributed by atoms with van der Waals surface area (Å²) in [5.74, 6) is 5.16. The number of ether oxygens (including phenoxy) is 1. The number of nitrogens with two attached hydrogens (primary N) is 1. The van der Waals surface area contributed by atoms with Gasteiger partial charge in [-0.2, -0.15) is 0 Å². The smallest absolute Gasteiger partial charge is 0.128 e. The first-order valence-electron chi connectivity index (χ1n) is 4.88. The van der Waals surface area contributed by atoms with Crippen LogP contribution in [-0.4, -0.2) is 12.7 Å². The highest BCUT2D eigenvalue weighted by Crippen LogP contribution is 2.31. The van der Waals surface area contributed by atoms with Crippen molar-refractivity contribution < 1.29 is 9.13 Å². The van der Waals surface area contributed by atoms with Crippen LogP contribution in [-0.2, 0) is 4.74 Å². The zero-order valence-electron chi connectivity index (χ0n) is 9.55. The quantitative estimate of drug-likeness (QED) is 0.662. The Bertz CT molecular complexity index is 371. The maximum absolute atomic E-state index is 13.7. The summed E-state index contributed by atoms with van der Waals surface area (Å²) in [4.78, 5) is 0. The highest BCUT2D eigenvalue weighted by atomic mass is 79.9. The van der Waals surface area contributed by atoms with Crippen molar-refractivity contribution >= 4 is 15.9 Å². The zero-order chi connectivity index (χ0) is 12.3. The van der Waals surface area contributed by atoms with Crippen molar-refractivity contribution in [3.63, 3.8) is 0 Å². The monoisotopic (exact) mass is 290 g/mol. The summed E-state index contributed by atoms with van der Waals surface area (Å²) in [6, 6.07) is 4.32. The van der Waals surface area contributed by atoms with E-state index in [9.17, 15) is 4.39 Å². The van der Waals surface area contributed by atoms with E-state index in [0.717, 1.165) is 4.47 Å². The van der Waals surface area contributed by atoms with E-state index in [1.54, 1.807) is 19.2 Å². The molecule has 0 saturated carbocycles. The molecule has 0 heterocycles. The molecule has 3 nitrogen and oxygen atoms in total. The Kier molecular flexibility index (Phi) is 4.43. The fourth-order valence-corrected chi connectivity index (χ4v) is 1.90. The van der Waals surface area contributed by atoms with E-state index in [2.05, 4.69) is 21.4 Å². The molecule has 16 heavy (non-hydrogen) atoms. The molecular weight excluding hydrogens is 275 g/mol. The lowest BCUT2D eigenvalue weighted by molar-refractivity contribution is -0.0121. The van der Waals surface area contributed by atoms with Crippen LogP contribution in [0.2, 0.25) is 0 Å². The minimum atomic E-state index is -0.601. The Morgan fingerprint density at radius 2 is 2.12 bits per heavy atom. The van der Waals surface area contributed by atoms with Gasteiger partial charge in [0.25, 0.3) is 0 Å². The third-order valence-electron chi connectivity index (χ3n) is 2.66. The van der Waals surface area contributed by atoms with E-state index in [-0.39, 0.29) is 5.82 Å². The molecule has 1 aromatic carbocycles. The van der Waals surface area contributed by atoms with Crippen molar-refractivity contribution in [1.82, 2.24) is 5.43 Å². The van der Waals surface area contributed by atoms with Gasteiger partial charge in [-0.15, -0.1) is 0 Å². The average molecular weight is 291 g/mol. The van der Waals surface area contributed by atoms with Crippen molar-refractivity contribution in [1.29, 1.82) is 0 Å². The Hall–Kier alpha value is -0.490. The normalized spacial score (nSPS) is 13.9. The van der Waals surface area contributed by atoms with Gasteiger partial charge in [-0.1, -0.05) is 15.9 Å². The summed E-state index contributed by atoms with van der Waals surface area (Å²) < 4.78 is 19.8. The maximum atomic E-state index is 13.7. The van der Waals surface area contributed by atoms with Gasteiger partial charge >= 0.3 is 0 Å². The predicted molar refractivity (Wildman–Crippen MR) is 65.3 cm³/mol. The van der Waals surface area contributed by atoms with Gasteiger partial charge in [0.1, 0.15) is 5.82 Å². The molecule has 0 aliphatic carbocycles. The van der Waals surface area contributed by atoms with Gasteiger partial charge in [-0.25, -0.2) is 9.82 Å². The molecular formula is C11H16BrFN2O. The summed E-state index contributed by atoms with van der Waals surface area (Å²) in [6.07, 6.45) is 0. The topological polar surface area (TPSA) is 47.3 Å². The zero-order valence-corrected chi connectivity index (χ0v) is 11.1. The number of hydrogen-bond acceptors (Lipinski definition) is 3. The molecule has 0 bridgehead atoms. The number of hydrazine groups is 1. The number of hydrogen-bond donors (Lipinski definition) is 2. The van der Waals surface area contributed by atoms with Crippen molar-refractivity contribution in [3.05, 3.63) is 34.1 Å². The lowest BCUT2D eigenvalue weighted by Crippen LogP contribution is -2.44. The highest BCUT2D eigenvalue weighted by molar-refractivity contribution is 9.10. The second kappa shape index (κ2) is 5.23. The molecule has 3 N–H and O–H groups in total. The third-order valence-corrected chi connectivity index (χ3v) is 3.15. The highest BCUT2D eigenvalue weighted by Gasteiger charge is 2.31. The van der Waals surface area contributed by atoms with Crippen LogP contribution in [0.15, 0.2) is 22.7 Å². The van der Waals surface area contributed by atoms with Gasteiger partial charge in [0, 0.05) is 17.1 Å². The number of rotatable bonds is 4. The van der Waals surface area contributed by atoms with Crippen molar-refractivity contribution in [3.8, 4) is 0 Å². The summed E-state index contributed by atoms with van der Waals surface area (Å²) in [5, 5.41) is 0. The van der Waals surface area contributed by atoms with Crippen LogP contribution in [0, 0.1) is 5.82 Å². The largest absolute Gasteiger partial charge is 0.377 e. The van der Waals surface area contributed by atoms with Crippen molar-refractivity contribution in [2.45, 2.75) is 25.5 Å². The van der Waals surface area contributed by atoms with Gasteiger partial charge in [-0.3, -0.25) is 5.84 Å². The Balaban J connectivity index is 3.18. The van der Waals surface area contributed by atoms with Gasteiger partial charge < -0.3 is 4.74 Å². The number of benzene rings is 1. The number of methoxy groups -OCH3 is 1. The molecule has 1 unspecified atom stereocenters. The molecule has 1 atom stereocenters. The third kappa shape index (κ3) is 2.79. The molecule has 0 amide bonds. The average Bonchev–Trinajstić information content (AvgIpc) is 2.24. The summed E-state index contributed by atoms with van der Waals surface area (Å²) in [7, 11) is 1.57. The van der Waals surface area contributed by atoms with Gasteiger partial charge in [-0.05, 0) is 32.0 Å².